The molecule has 2 unspecified atom stereocenters. The standard InChI is InChI=1S/C10H16O2/c1-5-8-7(2)6-10(3,4)9(11)12-8/h5,7-8H,1,6H2,2-4H3. The molecule has 1 saturated heterocycles. The maximum Gasteiger partial charge on any atom is 0.312 e. The molecule has 12 heavy (non-hydrogen) atoms. The first kappa shape index (κ1) is 9.30. The fourth-order valence-electron chi connectivity index (χ4n) is 1.68. The van der Waals surface area contributed by atoms with E-state index in [0.717, 1.165) is 6.42 Å². The molecule has 68 valence electrons. The number of cyclic esters (lactones) is 1. The lowest BCUT2D eigenvalue weighted by molar-refractivity contribution is -0.168. The van der Waals surface area contributed by atoms with Crippen LogP contribution in [0.2, 0.25) is 0 Å². The molecule has 0 bridgehead atoms. The topological polar surface area (TPSA) is 26.3 Å². The van der Waals surface area contributed by atoms with E-state index in [1.807, 2.05) is 13.8 Å². The highest BCUT2D eigenvalue weighted by molar-refractivity contribution is 5.77. The molecule has 0 N–H and O–H groups in total. The first-order valence-corrected chi connectivity index (χ1v) is 4.31. The van der Waals surface area contributed by atoms with E-state index >= 15 is 0 Å². The smallest absolute Gasteiger partial charge is 0.312 e. The lowest BCUT2D eigenvalue weighted by Gasteiger charge is -2.36. The highest BCUT2D eigenvalue weighted by atomic mass is 16.5. The van der Waals surface area contributed by atoms with Crippen molar-refractivity contribution >= 4 is 5.97 Å². The van der Waals surface area contributed by atoms with Crippen LogP contribution >= 0.6 is 0 Å². The fraction of sp³-hybridized carbons (Fsp3) is 0.700. The Kier molecular flexibility index (Phi) is 2.27. The Morgan fingerprint density at radius 1 is 1.67 bits per heavy atom. The third kappa shape index (κ3) is 1.52. The van der Waals surface area contributed by atoms with Gasteiger partial charge in [0.2, 0.25) is 0 Å². The van der Waals surface area contributed by atoms with Crippen LogP contribution in [0.3, 0.4) is 0 Å². The number of esters is 1. The quantitative estimate of drug-likeness (QED) is 0.443. The molecule has 0 aromatic carbocycles. The Bertz CT molecular complexity index is 206. The van der Waals surface area contributed by atoms with Crippen LogP contribution in [0.15, 0.2) is 12.7 Å². The second-order valence-corrected chi connectivity index (χ2v) is 4.17. The largest absolute Gasteiger partial charge is 0.457 e. The van der Waals surface area contributed by atoms with Gasteiger partial charge in [0, 0.05) is 0 Å². The third-order valence-electron chi connectivity index (χ3n) is 2.42. The van der Waals surface area contributed by atoms with Crippen LogP contribution in [0, 0.1) is 11.3 Å². The van der Waals surface area contributed by atoms with Gasteiger partial charge in [0.1, 0.15) is 6.10 Å². The third-order valence-corrected chi connectivity index (χ3v) is 2.42. The van der Waals surface area contributed by atoms with Gasteiger partial charge in [-0.15, -0.1) is 0 Å². The number of hydrogen-bond donors (Lipinski definition) is 0. The van der Waals surface area contributed by atoms with Crippen molar-refractivity contribution in [1.29, 1.82) is 0 Å². The molecule has 0 saturated carbocycles. The van der Waals surface area contributed by atoms with Crippen LogP contribution in [-0.4, -0.2) is 12.1 Å². The van der Waals surface area contributed by atoms with Crippen LogP contribution in [0.5, 0.6) is 0 Å². The van der Waals surface area contributed by atoms with Crippen molar-refractivity contribution in [2.45, 2.75) is 33.3 Å². The maximum atomic E-state index is 11.4. The minimum absolute atomic E-state index is 0.0921. The molecule has 1 aliphatic rings. The molecule has 0 aromatic rings. The average Bonchev–Trinajstić information content (AvgIpc) is 1.96. The molecule has 0 spiro atoms. The summed E-state index contributed by atoms with van der Waals surface area (Å²) in [5, 5.41) is 0. The zero-order valence-electron chi connectivity index (χ0n) is 7.96. The van der Waals surface area contributed by atoms with Crippen molar-refractivity contribution in [2.75, 3.05) is 0 Å². The van der Waals surface area contributed by atoms with Crippen LogP contribution in [0.1, 0.15) is 27.2 Å². The van der Waals surface area contributed by atoms with E-state index in [0.29, 0.717) is 5.92 Å². The summed E-state index contributed by atoms with van der Waals surface area (Å²) in [6.07, 6.45) is 2.49. The van der Waals surface area contributed by atoms with E-state index in [9.17, 15) is 4.79 Å². The van der Waals surface area contributed by atoms with Crippen molar-refractivity contribution < 1.29 is 9.53 Å². The Hall–Kier alpha value is -0.790. The minimum atomic E-state index is -0.321. The van der Waals surface area contributed by atoms with Gasteiger partial charge in [-0.05, 0) is 26.2 Å². The number of ether oxygens (including phenoxy) is 1. The van der Waals surface area contributed by atoms with Gasteiger partial charge in [0.05, 0.1) is 5.41 Å². The summed E-state index contributed by atoms with van der Waals surface area (Å²) in [5.41, 5.74) is -0.321. The average molecular weight is 168 g/mol. The van der Waals surface area contributed by atoms with Gasteiger partial charge in [-0.2, -0.15) is 0 Å². The van der Waals surface area contributed by atoms with E-state index in [4.69, 9.17) is 4.74 Å². The molecule has 2 heteroatoms. The summed E-state index contributed by atoms with van der Waals surface area (Å²) in [5.74, 6) is 0.278. The lowest BCUT2D eigenvalue weighted by atomic mass is 9.79. The van der Waals surface area contributed by atoms with E-state index in [2.05, 4.69) is 13.5 Å². The Morgan fingerprint density at radius 2 is 2.25 bits per heavy atom. The van der Waals surface area contributed by atoms with E-state index in [1.54, 1.807) is 6.08 Å². The van der Waals surface area contributed by atoms with Crippen molar-refractivity contribution in [1.82, 2.24) is 0 Å². The summed E-state index contributed by atoms with van der Waals surface area (Å²) >= 11 is 0. The number of rotatable bonds is 1. The molecule has 0 amide bonds. The van der Waals surface area contributed by atoms with Crippen molar-refractivity contribution in [3.63, 3.8) is 0 Å². The highest BCUT2D eigenvalue weighted by Crippen LogP contribution is 2.35. The molecular formula is C10H16O2. The number of carbonyl (C=O) groups is 1. The van der Waals surface area contributed by atoms with Gasteiger partial charge >= 0.3 is 5.97 Å². The fourth-order valence-corrected chi connectivity index (χ4v) is 1.68. The van der Waals surface area contributed by atoms with Gasteiger partial charge in [-0.3, -0.25) is 4.79 Å². The summed E-state index contributed by atoms with van der Waals surface area (Å²) in [6.45, 7) is 9.57. The molecule has 1 fully saturated rings. The molecule has 2 atom stereocenters. The number of carbonyl (C=O) groups excluding carboxylic acids is 1. The Balaban J connectivity index is 2.75. The van der Waals surface area contributed by atoms with Gasteiger partial charge < -0.3 is 4.74 Å². The Labute approximate surface area is 73.6 Å². The van der Waals surface area contributed by atoms with Gasteiger partial charge in [-0.1, -0.05) is 19.6 Å². The van der Waals surface area contributed by atoms with Crippen LogP contribution in [-0.2, 0) is 9.53 Å². The molecule has 0 radical (unpaired) electrons. The molecule has 1 aliphatic heterocycles. The zero-order chi connectivity index (χ0) is 9.35. The molecular weight excluding hydrogens is 152 g/mol. The van der Waals surface area contributed by atoms with Gasteiger partial charge in [0.25, 0.3) is 0 Å². The normalized spacial score (nSPS) is 34.1. The van der Waals surface area contributed by atoms with Crippen molar-refractivity contribution in [2.24, 2.45) is 11.3 Å². The molecule has 0 aromatic heterocycles. The first-order chi connectivity index (χ1) is 5.47. The van der Waals surface area contributed by atoms with Crippen LogP contribution < -0.4 is 0 Å². The van der Waals surface area contributed by atoms with Crippen molar-refractivity contribution in [3.8, 4) is 0 Å². The van der Waals surface area contributed by atoms with Gasteiger partial charge in [0.15, 0.2) is 0 Å². The first-order valence-electron chi connectivity index (χ1n) is 4.31. The van der Waals surface area contributed by atoms with Gasteiger partial charge in [-0.25, -0.2) is 0 Å². The summed E-state index contributed by atoms with van der Waals surface area (Å²) in [4.78, 5) is 11.4. The van der Waals surface area contributed by atoms with Crippen LogP contribution in [0.25, 0.3) is 0 Å². The molecule has 2 nitrogen and oxygen atoms in total. The molecule has 0 aliphatic carbocycles. The lowest BCUT2D eigenvalue weighted by Crippen LogP contribution is -2.41. The van der Waals surface area contributed by atoms with Crippen LogP contribution in [0.4, 0.5) is 0 Å². The minimum Gasteiger partial charge on any atom is -0.457 e. The predicted molar refractivity (Wildman–Crippen MR) is 47.6 cm³/mol. The van der Waals surface area contributed by atoms with E-state index in [-0.39, 0.29) is 17.5 Å². The van der Waals surface area contributed by atoms with Crippen molar-refractivity contribution in [3.05, 3.63) is 12.7 Å². The molecule has 1 heterocycles. The second kappa shape index (κ2) is 2.92. The highest BCUT2D eigenvalue weighted by Gasteiger charge is 2.39. The summed E-state index contributed by atoms with van der Waals surface area (Å²) in [7, 11) is 0. The molecule has 1 rings (SSSR count). The summed E-state index contributed by atoms with van der Waals surface area (Å²) in [6, 6.07) is 0. The SMILES string of the molecule is C=CC1OC(=O)C(C)(C)CC1C. The summed E-state index contributed by atoms with van der Waals surface area (Å²) < 4.78 is 5.21. The van der Waals surface area contributed by atoms with E-state index in [1.165, 1.54) is 0 Å². The monoisotopic (exact) mass is 168 g/mol. The van der Waals surface area contributed by atoms with E-state index < -0.39 is 0 Å². The Morgan fingerprint density at radius 3 is 2.75 bits per heavy atom. The zero-order valence-corrected chi connectivity index (χ0v) is 7.96. The number of hydrogen-bond acceptors (Lipinski definition) is 2. The maximum absolute atomic E-state index is 11.4. The predicted octanol–water partition coefficient (Wildman–Crippen LogP) is 2.15. The second-order valence-electron chi connectivity index (χ2n) is 4.17.